The summed E-state index contributed by atoms with van der Waals surface area (Å²) < 4.78 is 29.1. The van der Waals surface area contributed by atoms with Crippen LogP contribution in [0.1, 0.15) is 25.0 Å². The normalized spacial score (nSPS) is 11.3. The summed E-state index contributed by atoms with van der Waals surface area (Å²) >= 11 is 0. The number of hydrogen-bond donors (Lipinski definition) is 1. The maximum absolute atomic E-state index is 12.3. The van der Waals surface area contributed by atoms with E-state index in [2.05, 4.69) is 5.32 Å². The molecule has 0 saturated carbocycles. The monoisotopic (exact) mass is 390 g/mol. The van der Waals surface area contributed by atoms with Gasteiger partial charge in [-0.3, -0.25) is 0 Å². The Bertz CT molecular complexity index is 860. The average Bonchev–Trinajstić information content (AvgIpc) is 2.63. The smallest absolute Gasteiger partial charge is 0.321 e. The second-order valence-corrected chi connectivity index (χ2v) is 9.24. The molecule has 6 nitrogen and oxygen atoms in total. The molecule has 0 bridgehead atoms. The van der Waals surface area contributed by atoms with E-state index in [1.165, 1.54) is 0 Å². The van der Waals surface area contributed by atoms with E-state index >= 15 is 0 Å². The molecule has 27 heavy (non-hydrogen) atoms. The zero-order valence-electron chi connectivity index (χ0n) is 16.1. The van der Waals surface area contributed by atoms with Gasteiger partial charge in [-0.25, -0.2) is 13.2 Å². The number of anilines is 1. The summed E-state index contributed by atoms with van der Waals surface area (Å²) in [6.45, 7) is 3.80. The lowest BCUT2D eigenvalue weighted by Crippen LogP contribution is -2.30. The van der Waals surface area contributed by atoms with Gasteiger partial charge in [0.25, 0.3) is 0 Å². The molecule has 0 fully saturated rings. The molecule has 0 heterocycles. The number of carbonyl (C=O) groups is 1. The van der Waals surface area contributed by atoms with Crippen LogP contribution < -0.4 is 10.1 Å². The third-order valence-corrected chi connectivity index (χ3v) is 6.39. The highest BCUT2D eigenvalue weighted by Gasteiger charge is 2.17. The van der Waals surface area contributed by atoms with E-state index in [0.29, 0.717) is 17.8 Å². The number of benzene rings is 2. The zero-order chi connectivity index (χ0) is 20.0. The SMILES string of the molecule is COc1ccc(CN(C)C(=O)Nc2ccc(CS(=O)(=O)C(C)C)cc2)cc1. The highest BCUT2D eigenvalue weighted by molar-refractivity contribution is 7.91. The Kier molecular flexibility index (Phi) is 6.85. The molecule has 2 aromatic carbocycles. The van der Waals surface area contributed by atoms with Crippen molar-refractivity contribution in [2.75, 3.05) is 19.5 Å². The van der Waals surface area contributed by atoms with Crippen LogP contribution in [0.3, 0.4) is 0 Å². The standard InChI is InChI=1S/C20H26N2O4S/c1-15(2)27(24,25)14-17-5-9-18(10-6-17)21-20(23)22(3)13-16-7-11-19(26-4)12-8-16/h5-12,15H,13-14H2,1-4H3,(H,21,23). The lowest BCUT2D eigenvalue weighted by Gasteiger charge is -2.18. The van der Waals surface area contributed by atoms with Crippen LogP contribution in [0.5, 0.6) is 5.75 Å². The predicted molar refractivity (Wildman–Crippen MR) is 108 cm³/mol. The third-order valence-electron chi connectivity index (χ3n) is 4.22. The highest BCUT2D eigenvalue weighted by Crippen LogP contribution is 2.16. The van der Waals surface area contributed by atoms with Crippen molar-refractivity contribution in [3.8, 4) is 5.75 Å². The lowest BCUT2D eigenvalue weighted by atomic mass is 10.2. The van der Waals surface area contributed by atoms with E-state index in [-0.39, 0.29) is 11.8 Å². The Hall–Kier alpha value is -2.54. The Labute approximate surface area is 161 Å². The van der Waals surface area contributed by atoms with Crippen molar-refractivity contribution >= 4 is 21.6 Å². The topological polar surface area (TPSA) is 75.7 Å². The molecule has 1 N–H and O–H groups in total. The molecule has 7 heteroatoms. The molecular weight excluding hydrogens is 364 g/mol. The van der Waals surface area contributed by atoms with Crippen LogP contribution in [0.15, 0.2) is 48.5 Å². The van der Waals surface area contributed by atoms with Crippen molar-refractivity contribution in [3.63, 3.8) is 0 Å². The summed E-state index contributed by atoms with van der Waals surface area (Å²) in [6.07, 6.45) is 0. The van der Waals surface area contributed by atoms with Gasteiger partial charge in [-0.15, -0.1) is 0 Å². The van der Waals surface area contributed by atoms with Crippen LogP contribution in [0, 0.1) is 0 Å². The Morgan fingerprint density at radius 2 is 1.59 bits per heavy atom. The van der Waals surface area contributed by atoms with Gasteiger partial charge in [0.1, 0.15) is 5.75 Å². The molecule has 146 valence electrons. The number of nitrogens with one attached hydrogen (secondary N) is 1. The van der Waals surface area contributed by atoms with Crippen LogP contribution in [0.2, 0.25) is 0 Å². The minimum Gasteiger partial charge on any atom is -0.497 e. The van der Waals surface area contributed by atoms with Crippen LogP contribution in [-0.4, -0.2) is 38.8 Å². The minimum atomic E-state index is -3.14. The second kappa shape index (κ2) is 8.90. The van der Waals surface area contributed by atoms with Crippen molar-refractivity contribution in [3.05, 3.63) is 59.7 Å². The summed E-state index contributed by atoms with van der Waals surface area (Å²) in [4.78, 5) is 13.9. The van der Waals surface area contributed by atoms with Gasteiger partial charge in [0, 0.05) is 19.3 Å². The first-order valence-corrected chi connectivity index (χ1v) is 10.4. The fourth-order valence-corrected chi connectivity index (χ4v) is 3.37. The van der Waals surface area contributed by atoms with Gasteiger partial charge in [0.05, 0.1) is 18.1 Å². The molecule has 0 aliphatic heterocycles. The maximum Gasteiger partial charge on any atom is 0.321 e. The Balaban J connectivity index is 1.94. The van der Waals surface area contributed by atoms with E-state index in [1.807, 2.05) is 24.3 Å². The first-order chi connectivity index (χ1) is 12.7. The number of methoxy groups -OCH3 is 1. The van der Waals surface area contributed by atoms with Gasteiger partial charge in [0.2, 0.25) is 0 Å². The fourth-order valence-electron chi connectivity index (χ4n) is 2.38. The number of carbonyl (C=O) groups excluding carboxylic acids is 1. The van der Waals surface area contributed by atoms with E-state index in [4.69, 9.17) is 4.74 Å². The van der Waals surface area contributed by atoms with Crippen LogP contribution in [0.25, 0.3) is 0 Å². The summed E-state index contributed by atoms with van der Waals surface area (Å²) in [7, 11) is 0.176. The van der Waals surface area contributed by atoms with Crippen molar-refractivity contribution < 1.29 is 17.9 Å². The number of urea groups is 1. The predicted octanol–water partition coefficient (Wildman–Crippen LogP) is 3.68. The lowest BCUT2D eigenvalue weighted by molar-refractivity contribution is 0.220. The summed E-state index contributed by atoms with van der Waals surface area (Å²) in [5.74, 6) is 0.765. The van der Waals surface area contributed by atoms with Crippen LogP contribution in [-0.2, 0) is 22.1 Å². The Morgan fingerprint density at radius 1 is 1.04 bits per heavy atom. The molecule has 0 aromatic heterocycles. The molecule has 2 rings (SSSR count). The second-order valence-electron chi connectivity index (χ2n) is 6.69. The average molecular weight is 391 g/mol. The summed E-state index contributed by atoms with van der Waals surface area (Å²) in [5, 5.41) is 2.40. The third kappa shape index (κ3) is 5.99. The molecule has 2 amide bonds. The van der Waals surface area contributed by atoms with Gasteiger partial charge < -0.3 is 15.0 Å². The van der Waals surface area contributed by atoms with Gasteiger partial charge in [0.15, 0.2) is 9.84 Å². The van der Waals surface area contributed by atoms with Gasteiger partial charge in [-0.1, -0.05) is 24.3 Å². The number of rotatable bonds is 7. The number of ether oxygens (including phenoxy) is 1. The quantitative estimate of drug-likeness (QED) is 0.782. The van der Waals surface area contributed by atoms with Crippen molar-refractivity contribution in [2.24, 2.45) is 0 Å². The zero-order valence-corrected chi connectivity index (χ0v) is 16.9. The molecule has 0 aliphatic rings. The number of sulfone groups is 1. The van der Waals surface area contributed by atoms with Crippen molar-refractivity contribution in [1.82, 2.24) is 4.90 Å². The maximum atomic E-state index is 12.3. The summed E-state index contributed by atoms with van der Waals surface area (Å²) in [5.41, 5.74) is 2.31. The van der Waals surface area contributed by atoms with E-state index in [1.54, 1.807) is 57.2 Å². The van der Waals surface area contributed by atoms with Gasteiger partial charge in [-0.05, 0) is 49.2 Å². The molecule has 0 unspecified atom stereocenters. The Morgan fingerprint density at radius 3 is 2.11 bits per heavy atom. The molecule has 2 aromatic rings. The molecule has 0 radical (unpaired) electrons. The van der Waals surface area contributed by atoms with Gasteiger partial charge in [-0.2, -0.15) is 0 Å². The van der Waals surface area contributed by atoms with Gasteiger partial charge >= 0.3 is 6.03 Å². The van der Waals surface area contributed by atoms with Crippen molar-refractivity contribution in [1.29, 1.82) is 0 Å². The van der Waals surface area contributed by atoms with E-state index in [0.717, 1.165) is 11.3 Å². The summed E-state index contributed by atoms with van der Waals surface area (Å²) in [6, 6.07) is 14.1. The number of hydrogen-bond acceptors (Lipinski definition) is 4. The van der Waals surface area contributed by atoms with Crippen LogP contribution >= 0.6 is 0 Å². The molecular formula is C20H26N2O4S. The first-order valence-electron chi connectivity index (χ1n) is 8.67. The van der Waals surface area contributed by atoms with E-state index < -0.39 is 15.1 Å². The minimum absolute atomic E-state index is 0.00370. The fraction of sp³-hybridized carbons (Fsp3) is 0.350. The molecule has 0 atom stereocenters. The highest BCUT2D eigenvalue weighted by atomic mass is 32.2. The number of nitrogens with zero attached hydrogens (tertiary/aromatic N) is 1. The first kappa shape index (κ1) is 20.8. The van der Waals surface area contributed by atoms with Crippen molar-refractivity contribution in [2.45, 2.75) is 31.4 Å². The molecule has 0 aliphatic carbocycles. The number of amides is 2. The molecule has 0 spiro atoms. The van der Waals surface area contributed by atoms with E-state index in [9.17, 15) is 13.2 Å². The molecule has 0 saturated heterocycles. The van der Waals surface area contributed by atoms with Crippen LogP contribution in [0.4, 0.5) is 10.5 Å². The largest absolute Gasteiger partial charge is 0.497 e.